The van der Waals surface area contributed by atoms with Crippen LogP contribution >= 0.6 is 23.2 Å². The molecule has 1 aliphatic rings. The van der Waals surface area contributed by atoms with Crippen LogP contribution in [0.3, 0.4) is 0 Å². The van der Waals surface area contributed by atoms with Crippen molar-refractivity contribution in [3.05, 3.63) is 63.9 Å². The van der Waals surface area contributed by atoms with Crippen molar-refractivity contribution in [3.8, 4) is 5.75 Å². The molecule has 2 aromatic rings. The van der Waals surface area contributed by atoms with Gasteiger partial charge < -0.3 is 15.0 Å². The van der Waals surface area contributed by atoms with E-state index in [2.05, 4.69) is 5.32 Å². The highest BCUT2D eigenvalue weighted by Crippen LogP contribution is 2.27. The van der Waals surface area contributed by atoms with E-state index in [-0.39, 0.29) is 30.1 Å². The largest absolute Gasteiger partial charge is 0.482 e. The lowest BCUT2D eigenvalue weighted by molar-refractivity contribution is -0.142. The minimum atomic E-state index is -0.794. The SMILES string of the molecule is CC(C(=O)NC1CCCC1)N(Cc1ccccc1F)C(=O)COc1ccc(Cl)cc1Cl. The molecule has 3 rings (SSSR count). The maximum atomic E-state index is 14.2. The van der Waals surface area contributed by atoms with Gasteiger partial charge in [0.05, 0.1) is 5.02 Å². The molecule has 1 unspecified atom stereocenters. The maximum absolute atomic E-state index is 14.2. The van der Waals surface area contributed by atoms with E-state index in [1.807, 2.05) is 0 Å². The third-order valence-corrected chi connectivity index (χ3v) is 5.94. The summed E-state index contributed by atoms with van der Waals surface area (Å²) in [6.07, 6.45) is 4.01. The summed E-state index contributed by atoms with van der Waals surface area (Å²) in [4.78, 5) is 27.2. The molecular weight excluding hydrogens is 442 g/mol. The fourth-order valence-corrected chi connectivity index (χ4v) is 4.06. The summed E-state index contributed by atoms with van der Waals surface area (Å²) in [6, 6.07) is 10.2. The number of nitrogens with one attached hydrogen (secondary N) is 1. The summed E-state index contributed by atoms with van der Waals surface area (Å²) in [5.41, 5.74) is 0.320. The van der Waals surface area contributed by atoms with Crippen molar-refractivity contribution < 1.29 is 18.7 Å². The molecule has 166 valence electrons. The topological polar surface area (TPSA) is 58.6 Å². The van der Waals surface area contributed by atoms with Gasteiger partial charge in [-0.2, -0.15) is 0 Å². The number of ether oxygens (including phenoxy) is 1. The zero-order valence-electron chi connectivity index (χ0n) is 17.2. The third-order valence-electron chi connectivity index (χ3n) is 5.41. The van der Waals surface area contributed by atoms with E-state index in [0.29, 0.717) is 16.3 Å². The normalized spacial score (nSPS) is 14.8. The molecule has 8 heteroatoms. The highest BCUT2D eigenvalue weighted by atomic mass is 35.5. The van der Waals surface area contributed by atoms with Crippen molar-refractivity contribution in [2.24, 2.45) is 0 Å². The number of halogens is 3. The summed E-state index contributed by atoms with van der Waals surface area (Å²) in [5.74, 6) is -0.858. The number of nitrogens with zero attached hydrogens (tertiary/aromatic N) is 1. The van der Waals surface area contributed by atoms with E-state index < -0.39 is 17.8 Å². The van der Waals surface area contributed by atoms with Crippen LogP contribution in [-0.2, 0) is 16.1 Å². The second-order valence-corrected chi connectivity index (χ2v) is 8.49. The van der Waals surface area contributed by atoms with Crippen LogP contribution in [0.25, 0.3) is 0 Å². The minimum Gasteiger partial charge on any atom is -0.482 e. The first kappa shape index (κ1) is 23.4. The average Bonchev–Trinajstić information content (AvgIpc) is 3.25. The van der Waals surface area contributed by atoms with E-state index in [1.54, 1.807) is 37.3 Å². The first-order valence-corrected chi connectivity index (χ1v) is 11.0. The molecule has 31 heavy (non-hydrogen) atoms. The molecule has 1 saturated carbocycles. The summed E-state index contributed by atoms with van der Waals surface area (Å²) in [6.45, 7) is 1.23. The number of amides is 2. The second kappa shape index (κ2) is 10.8. The van der Waals surface area contributed by atoms with Crippen LogP contribution in [0, 0.1) is 5.82 Å². The summed E-state index contributed by atoms with van der Waals surface area (Å²) >= 11 is 12.0. The summed E-state index contributed by atoms with van der Waals surface area (Å²) in [7, 11) is 0. The Morgan fingerprint density at radius 3 is 2.58 bits per heavy atom. The maximum Gasteiger partial charge on any atom is 0.261 e. The summed E-state index contributed by atoms with van der Waals surface area (Å²) < 4.78 is 19.8. The average molecular weight is 467 g/mol. The molecule has 1 atom stereocenters. The molecule has 1 fully saturated rings. The summed E-state index contributed by atoms with van der Waals surface area (Å²) in [5, 5.41) is 3.72. The quantitative estimate of drug-likeness (QED) is 0.596. The number of hydrogen-bond donors (Lipinski definition) is 1. The highest BCUT2D eigenvalue weighted by molar-refractivity contribution is 6.35. The van der Waals surface area contributed by atoms with E-state index in [9.17, 15) is 14.0 Å². The van der Waals surface area contributed by atoms with Gasteiger partial charge in [0.15, 0.2) is 6.61 Å². The van der Waals surface area contributed by atoms with Crippen molar-refractivity contribution in [1.29, 1.82) is 0 Å². The van der Waals surface area contributed by atoms with Gasteiger partial charge in [-0.05, 0) is 44.0 Å². The van der Waals surface area contributed by atoms with Crippen molar-refractivity contribution in [2.75, 3.05) is 6.61 Å². The standard InChI is InChI=1S/C23H25Cl2FN2O3/c1-15(23(30)27-18-7-3-4-8-18)28(13-16-6-2-5-9-20(16)26)22(29)14-31-21-11-10-17(24)12-19(21)25/h2,5-6,9-12,15,18H,3-4,7-8,13-14H2,1H3,(H,27,30). The van der Waals surface area contributed by atoms with Gasteiger partial charge in [0, 0.05) is 23.2 Å². The Morgan fingerprint density at radius 1 is 1.19 bits per heavy atom. The number of benzene rings is 2. The van der Waals surface area contributed by atoms with Gasteiger partial charge >= 0.3 is 0 Å². The van der Waals surface area contributed by atoms with Gasteiger partial charge in [0.25, 0.3) is 5.91 Å². The van der Waals surface area contributed by atoms with Crippen LogP contribution in [0.4, 0.5) is 4.39 Å². The lowest BCUT2D eigenvalue weighted by atomic mass is 10.1. The Balaban J connectivity index is 1.74. The smallest absolute Gasteiger partial charge is 0.261 e. The zero-order valence-corrected chi connectivity index (χ0v) is 18.8. The van der Waals surface area contributed by atoms with Gasteiger partial charge in [0.2, 0.25) is 5.91 Å². The number of carbonyl (C=O) groups is 2. The van der Waals surface area contributed by atoms with Gasteiger partial charge in [-0.25, -0.2) is 4.39 Å². The van der Waals surface area contributed by atoms with Crippen molar-refractivity contribution in [1.82, 2.24) is 10.2 Å². The number of carbonyl (C=O) groups excluding carboxylic acids is 2. The Morgan fingerprint density at radius 2 is 1.90 bits per heavy atom. The molecule has 0 aliphatic heterocycles. The van der Waals surface area contributed by atoms with Gasteiger partial charge in [-0.3, -0.25) is 9.59 Å². The van der Waals surface area contributed by atoms with Crippen LogP contribution in [0.1, 0.15) is 38.2 Å². The van der Waals surface area contributed by atoms with Crippen molar-refractivity contribution in [2.45, 2.75) is 51.2 Å². The van der Waals surface area contributed by atoms with E-state index >= 15 is 0 Å². The first-order valence-electron chi connectivity index (χ1n) is 10.3. The van der Waals surface area contributed by atoms with Gasteiger partial charge in [-0.15, -0.1) is 0 Å². The lowest BCUT2D eigenvalue weighted by Gasteiger charge is -2.29. The Labute approximate surface area is 191 Å². The van der Waals surface area contributed by atoms with Crippen molar-refractivity contribution in [3.63, 3.8) is 0 Å². The molecule has 0 bridgehead atoms. The zero-order chi connectivity index (χ0) is 22.4. The van der Waals surface area contributed by atoms with Crippen LogP contribution < -0.4 is 10.1 Å². The highest BCUT2D eigenvalue weighted by Gasteiger charge is 2.29. The molecule has 0 radical (unpaired) electrons. The Bertz CT molecular complexity index is 935. The third kappa shape index (κ3) is 6.34. The van der Waals surface area contributed by atoms with Crippen molar-refractivity contribution >= 4 is 35.0 Å². The fraction of sp³-hybridized carbons (Fsp3) is 0.391. The van der Waals surface area contributed by atoms with Crippen LogP contribution in [-0.4, -0.2) is 35.4 Å². The lowest BCUT2D eigenvalue weighted by Crippen LogP contribution is -2.50. The molecule has 0 heterocycles. The molecule has 0 spiro atoms. The molecule has 5 nitrogen and oxygen atoms in total. The monoisotopic (exact) mass is 466 g/mol. The van der Waals surface area contributed by atoms with Gasteiger partial charge in [0.1, 0.15) is 17.6 Å². The van der Waals surface area contributed by atoms with E-state index in [0.717, 1.165) is 25.7 Å². The Hall–Kier alpha value is -2.31. The first-order chi connectivity index (χ1) is 14.8. The van der Waals surface area contributed by atoms with Crippen LogP contribution in [0.15, 0.2) is 42.5 Å². The molecule has 2 amide bonds. The van der Waals surface area contributed by atoms with Gasteiger partial charge in [-0.1, -0.05) is 54.2 Å². The van der Waals surface area contributed by atoms with Crippen LogP contribution in [0.5, 0.6) is 5.75 Å². The number of rotatable bonds is 8. The van der Waals surface area contributed by atoms with E-state index in [4.69, 9.17) is 27.9 Å². The Kier molecular flexibility index (Phi) is 8.15. The predicted octanol–water partition coefficient (Wildman–Crippen LogP) is 4.99. The molecular formula is C23H25Cl2FN2O3. The molecule has 1 N–H and O–H groups in total. The molecule has 2 aromatic carbocycles. The van der Waals surface area contributed by atoms with E-state index in [1.165, 1.54) is 17.0 Å². The molecule has 0 saturated heterocycles. The molecule has 0 aromatic heterocycles. The second-order valence-electron chi connectivity index (χ2n) is 7.64. The van der Waals surface area contributed by atoms with Crippen LogP contribution in [0.2, 0.25) is 10.0 Å². The fourth-order valence-electron chi connectivity index (χ4n) is 3.60. The molecule has 1 aliphatic carbocycles. The predicted molar refractivity (Wildman–Crippen MR) is 119 cm³/mol. The number of hydrogen-bond acceptors (Lipinski definition) is 3. The minimum absolute atomic E-state index is 0.0531.